The molecule has 0 aliphatic carbocycles. The molecule has 0 unspecified atom stereocenters. The van der Waals surface area contributed by atoms with Crippen LogP contribution in [0, 0.1) is 6.92 Å². The van der Waals surface area contributed by atoms with Gasteiger partial charge in [-0.3, -0.25) is 4.79 Å². The van der Waals surface area contributed by atoms with Gasteiger partial charge in [0.05, 0.1) is 0 Å². The highest BCUT2D eigenvalue weighted by atomic mass is 32.1. The molecule has 2 N–H and O–H groups in total. The number of carbonyl (C=O) groups is 1. The van der Waals surface area contributed by atoms with E-state index in [1.54, 1.807) is 11.9 Å². The number of carbonyl (C=O) groups excluding carboxylic acids is 1. The molecule has 4 heteroatoms. The molecule has 0 atom stereocenters. The molecule has 1 amide bonds. The molecule has 0 saturated heterocycles. The molecule has 3 nitrogen and oxygen atoms in total. The van der Waals surface area contributed by atoms with Gasteiger partial charge in [0.2, 0.25) is 0 Å². The van der Waals surface area contributed by atoms with E-state index in [-0.39, 0.29) is 5.91 Å². The molecule has 20 heavy (non-hydrogen) atoms. The Kier molecular flexibility index (Phi) is 4.15. The first kappa shape index (κ1) is 14.2. The van der Waals surface area contributed by atoms with Gasteiger partial charge in [-0.1, -0.05) is 29.9 Å². The first-order chi connectivity index (χ1) is 9.49. The van der Waals surface area contributed by atoms with E-state index in [4.69, 9.17) is 18.0 Å². The Morgan fingerprint density at radius 3 is 2.00 bits per heavy atom. The maximum atomic E-state index is 12.4. The van der Waals surface area contributed by atoms with Crippen LogP contribution in [0.5, 0.6) is 0 Å². The van der Waals surface area contributed by atoms with Crippen LogP contribution in [0.2, 0.25) is 0 Å². The highest BCUT2D eigenvalue weighted by Crippen LogP contribution is 2.17. The lowest BCUT2D eigenvalue weighted by Gasteiger charge is -2.17. The van der Waals surface area contributed by atoms with Crippen LogP contribution in [0.1, 0.15) is 21.5 Å². The smallest absolute Gasteiger partial charge is 0.258 e. The van der Waals surface area contributed by atoms with E-state index >= 15 is 0 Å². The first-order valence-corrected chi connectivity index (χ1v) is 6.64. The fourth-order valence-corrected chi connectivity index (χ4v) is 1.99. The lowest BCUT2D eigenvalue weighted by molar-refractivity contribution is 0.0993. The molecule has 0 radical (unpaired) electrons. The normalized spacial score (nSPS) is 10.1. The van der Waals surface area contributed by atoms with Crippen molar-refractivity contribution in [2.45, 2.75) is 6.92 Å². The molecule has 0 fully saturated rings. The van der Waals surface area contributed by atoms with Crippen molar-refractivity contribution < 1.29 is 4.79 Å². The average Bonchev–Trinajstić information content (AvgIpc) is 2.46. The number of benzene rings is 2. The Hall–Kier alpha value is -2.20. The molecule has 0 aromatic heterocycles. The number of amides is 1. The molecule has 2 aromatic rings. The van der Waals surface area contributed by atoms with Crippen molar-refractivity contribution in [1.82, 2.24) is 0 Å². The van der Waals surface area contributed by atoms with Crippen LogP contribution >= 0.6 is 12.2 Å². The van der Waals surface area contributed by atoms with Gasteiger partial charge in [-0.05, 0) is 43.3 Å². The average molecular weight is 284 g/mol. The van der Waals surface area contributed by atoms with Crippen molar-refractivity contribution >= 4 is 28.8 Å². The van der Waals surface area contributed by atoms with E-state index < -0.39 is 0 Å². The number of nitrogens with zero attached hydrogens (tertiary/aromatic N) is 1. The summed E-state index contributed by atoms with van der Waals surface area (Å²) in [6.07, 6.45) is 0. The summed E-state index contributed by atoms with van der Waals surface area (Å²) in [4.78, 5) is 14.3. The molecule has 0 aliphatic rings. The van der Waals surface area contributed by atoms with Gasteiger partial charge in [-0.15, -0.1) is 0 Å². The van der Waals surface area contributed by atoms with Crippen LogP contribution in [0.25, 0.3) is 0 Å². The minimum absolute atomic E-state index is 0.0481. The Labute approximate surface area is 124 Å². The third-order valence-electron chi connectivity index (χ3n) is 3.14. The molecule has 2 aromatic carbocycles. The number of aryl methyl sites for hydroxylation is 1. The largest absolute Gasteiger partial charge is 0.389 e. The third kappa shape index (κ3) is 3.03. The van der Waals surface area contributed by atoms with Gasteiger partial charge >= 0.3 is 0 Å². The second-order valence-corrected chi connectivity index (χ2v) is 5.08. The predicted molar refractivity (Wildman–Crippen MR) is 86.2 cm³/mol. The summed E-state index contributed by atoms with van der Waals surface area (Å²) >= 11 is 4.91. The molecule has 2 rings (SSSR count). The zero-order valence-electron chi connectivity index (χ0n) is 11.5. The summed E-state index contributed by atoms with van der Waals surface area (Å²) in [7, 11) is 1.75. The highest BCUT2D eigenvalue weighted by Gasteiger charge is 2.13. The van der Waals surface area contributed by atoms with Gasteiger partial charge in [0.25, 0.3) is 5.91 Å². The number of hydrogen-bond donors (Lipinski definition) is 1. The number of nitrogens with two attached hydrogens (primary N) is 1. The van der Waals surface area contributed by atoms with Crippen molar-refractivity contribution in [3.05, 3.63) is 65.2 Å². The number of anilines is 1. The summed E-state index contributed by atoms with van der Waals surface area (Å²) in [6.45, 7) is 1.99. The van der Waals surface area contributed by atoms with E-state index in [9.17, 15) is 4.79 Å². The SMILES string of the molecule is Cc1ccc(C(=O)N(C)c2ccc(C(N)=S)cc2)cc1. The van der Waals surface area contributed by atoms with E-state index in [1.165, 1.54) is 0 Å². The predicted octanol–water partition coefficient (Wildman–Crippen LogP) is 2.91. The Bertz CT molecular complexity index is 633. The maximum absolute atomic E-state index is 12.4. The number of thiocarbonyl (C=S) groups is 1. The van der Waals surface area contributed by atoms with Crippen molar-refractivity contribution in [2.75, 3.05) is 11.9 Å². The monoisotopic (exact) mass is 284 g/mol. The standard InChI is InChI=1S/C16H16N2OS/c1-11-3-5-13(6-4-11)16(19)18(2)14-9-7-12(8-10-14)15(17)20/h3-10H,1-2H3,(H2,17,20). The molecule has 0 saturated carbocycles. The van der Waals surface area contributed by atoms with Crippen molar-refractivity contribution in [3.63, 3.8) is 0 Å². The topological polar surface area (TPSA) is 46.3 Å². The van der Waals surface area contributed by atoms with Crippen molar-refractivity contribution in [2.24, 2.45) is 5.73 Å². The second-order valence-electron chi connectivity index (χ2n) is 4.64. The minimum atomic E-state index is -0.0481. The zero-order chi connectivity index (χ0) is 14.7. The van der Waals surface area contributed by atoms with Crippen LogP contribution in [-0.4, -0.2) is 17.9 Å². The van der Waals surface area contributed by atoms with E-state index in [2.05, 4.69) is 0 Å². The van der Waals surface area contributed by atoms with Gasteiger partial charge in [0.1, 0.15) is 4.99 Å². The van der Waals surface area contributed by atoms with Gasteiger partial charge in [-0.2, -0.15) is 0 Å². The van der Waals surface area contributed by atoms with Crippen LogP contribution in [0.15, 0.2) is 48.5 Å². The summed E-state index contributed by atoms with van der Waals surface area (Å²) < 4.78 is 0. The molecule has 102 valence electrons. The first-order valence-electron chi connectivity index (χ1n) is 6.23. The third-order valence-corrected chi connectivity index (χ3v) is 3.38. The van der Waals surface area contributed by atoms with Gasteiger partial charge < -0.3 is 10.6 Å². The molecule has 0 heterocycles. The number of rotatable bonds is 3. The van der Waals surface area contributed by atoms with Crippen LogP contribution in [0.4, 0.5) is 5.69 Å². The molecular weight excluding hydrogens is 268 g/mol. The number of hydrogen-bond acceptors (Lipinski definition) is 2. The molecular formula is C16H16N2OS. The van der Waals surface area contributed by atoms with Crippen LogP contribution in [0.3, 0.4) is 0 Å². The zero-order valence-corrected chi connectivity index (χ0v) is 12.3. The Balaban J connectivity index is 2.22. The van der Waals surface area contributed by atoms with Gasteiger partial charge in [0, 0.05) is 23.9 Å². The van der Waals surface area contributed by atoms with Crippen molar-refractivity contribution in [3.8, 4) is 0 Å². The maximum Gasteiger partial charge on any atom is 0.258 e. The highest BCUT2D eigenvalue weighted by molar-refractivity contribution is 7.80. The summed E-state index contributed by atoms with van der Waals surface area (Å²) in [5.41, 5.74) is 8.94. The molecule has 0 bridgehead atoms. The minimum Gasteiger partial charge on any atom is -0.389 e. The summed E-state index contributed by atoms with van der Waals surface area (Å²) in [5.74, 6) is -0.0481. The van der Waals surface area contributed by atoms with E-state index in [1.807, 2.05) is 55.5 Å². The second kappa shape index (κ2) is 5.84. The lowest BCUT2D eigenvalue weighted by Crippen LogP contribution is -2.26. The van der Waals surface area contributed by atoms with Gasteiger partial charge in [-0.25, -0.2) is 0 Å². The summed E-state index contributed by atoms with van der Waals surface area (Å²) in [5, 5.41) is 0. The Morgan fingerprint density at radius 1 is 1.00 bits per heavy atom. The molecule has 0 aliphatic heterocycles. The quantitative estimate of drug-likeness (QED) is 0.882. The molecule has 0 spiro atoms. The van der Waals surface area contributed by atoms with Crippen LogP contribution in [-0.2, 0) is 0 Å². The van der Waals surface area contributed by atoms with E-state index in [0.717, 1.165) is 16.8 Å². The van der Waals surface area contributed by atoms with Crippen LogP contribution < -0.4 is 10.6 Å². The van der Waals surface area contributed by atoms with Gasteiger partial charge in [0.15, 0.2) is 0 Å². The fourth-order valence-electron chi connectivity index (χ4n) is 1.86. The Morgan fingerprint density at radius 2 is 1.50 bits per heavy atom. The fraction of sp³-hybridized carbons (Fsp3) is 0.125. The van der Waals surface area contributed by atoms with E-state index in [0.29, 0.717) is 10.6 Å². The lowest BCUT2D eigenvalue weighted by atomic mass is 10.1. The van der Waals surface area contributed by atoms with Crippen molar-refractivity contribution in [1.29, 1.82) is 0 Å². The summed E-state index contributed by atoms with van der Waals surface area (Å²) in [6, 6.07) is 14.8.